The van der Waals surface area contributed by atoms with Crippen molar-refractivity contribution >= 4 is 29.9 Å². The molecule has 0 amide bonds. The zero-order valence-corrected chi connectivity index (χ0v) is 16.5. The summed E-state index contributed by atoms with van der Waals surface area (Å²) < 4.78 is 5.10. The van der Waals surface area contributed by atoms with E-state index < -0.39 is 0 Å². The highest BCUT2D eigenvalue weighted by molar-refractivity contribution is 14.0. The largest absolute Gasteiger partial charge is 0.508 e. The Balaban J connectivity index is 0.00000264. The fourth-order valence-electron chi connectivity index (χ4n) is 2.74. The van der Waals surface area contributed by atoms with Crippen LogP contribution in [-0.4, -0.2) is 49.8 Å². The number of rotatable bonds is 4. The maximum absolute atomic E-state index is 9.97. The van der Waals surface area contributed by atoms with Crippen molar-refractivity contribution < 1.29 is 9.84 Å². The number of piperidine rings is 1. The molecule has 1 fully saturated rings. The molecule has 1 aliphatic heterocycles. The molecular weight excluding hydrogens is 405 g/mol. The number of phenols is 1. The fourth-order valence-corrected chi connectivity index (χ4v) is 2.74. The quantitative estimate of drug-likeness (QED) is 0.436. The second-order valence-corrected chi connectivity index (χ2v) is 5.89. The van der Waals surface area contributed by atoms with Gasteiger partial charge in [0.05, 0.1) is 7.11 Å². The van der Waals surface area contributed by atoms with Gasteiger partial charge in [0.1, 0.15) is 11.5 Å². The number of halogens is 1. The second-order valence-electron chi connectivity index (χ2n) is 5.89. The lowest BCUT2D eigenvalue weighted by molar-refractivity contribution is 0.273. The minimum absolute atomic E-state index is 0. The molecule has 5 nitrogen and oxygen atoms in total. The maximum Gasteiger partial charge on any atom is 0.193 e. The molecule has 6 heteroatoms. The van der Waals surface area contributed by atoms with Crippen molar-refractivity contribution in [2.75, 3.05) is 33.8 Å². The van der Waals surface area contributed by atoms with Gasteiger partial charge in [0, 0.05) is 32.7 Å². The lowest BCUT2D eigenvalue weighted by Gasteiger charge is -2.32. The van der Waals surface area contributed by atoms with E-state index >= 15 is 0 Å². The molecule has 1 aromatic carbocycles. The molecule has 0 aromatic heterocycles. The van der Waals surface area contributed by atoms with Gasteiger partial charge in [-0.05, 0) is 36.8 Å². The zero-order valence-electron chi connectivity index (χ0n) is 14.2. The molecule has 0 aliphatic carbocycles. The Morgan fingerprint density at radius 3 is 2.65 bits per heavy atom. The normalized spacial score (nSPS) is 16.0. The summed E-state index contributed by atoms with van der Waals surface area (Å²) in [7, 11) is 3.42. The van der Waals surface area contributed by atoms with Crippen LogP contribution in [0, 0.1) is 5.92 Å². The number of benzene rings is 1. The molecule has 0 radical (unpaired) electrons. The third-order valence-corrected chi connectivity index (χ3v) is 4.26. The molecule has 1 heterocycles. The molecule has 2 rings (SSSR count). The van der Waals surface area contributed by atoms with Crippen LogP contribution in [0.1, 0.15) is 25.3 Å². The monoisotopic (exact) mass is 433 g/mol. The number of aliphatic imine (C=N–C) groups is 1. The Morgan fingerprint density at radius 1 is 1.39 bits per heavy atom. The minimum atomic E-state index is 0. The standard InChI is InChI=1S/C17H27N3O2.HI/c1-13-7-10-20(11-8-13)17(18-2)19-9-6-14-4-5-15(22-3)12-16(14)21;/h4-5,12-13,21H,6-11H2,1-3H3,(H,18,19);1H. The van der Waals surface area contributed by atoms with Gasteiger partial charge in [-0.25, -0.2) is 0 Å². The number of ether oxygens (including phenoxy) is 1. The highest BCUT2D eigenvalue weighted by Crippen LogP contribution is 2.23. The van der Waals surface area contributed by atoms with Gasteiger partial charge in [-0.15, -0.1) is 24.0 Å². The number of hydrogen-bond donors (Lipinski definition) is 2. The van der Waals surface area contributed by atoms with E-state index in [0.29, 0.717) is 5.75 Å². The first-order chi connectivity index (χ1) is 10.6. The summed E-state index contributed by atoms with van der Waals surface area (Å²) in [6.45, 7) is 5.18. The maximum atomic E-state index is 9.97. The van der Waals surface area contributed by atoms with Crippen molar-refractivity contribution in [1.29, 1.82) is 0 Å². The molecule has 130 valence electrons. The number of guanidine groups is 1. The van der Waals surface area contributed by atoms with Crippen molar-refractivity contribution in [2.24, 2.45) is 10.9 Å². The van der Waals surface area contributed by atoms with E-state index in [4.69, 9.17) is 4.74 Å². The number of nitrogens with one attached hydrogen (secondary N) is 1. The fraction of sp³-hybridized carbons (Fsp3) is 0.588. The summed E-state index contributed by atoms with van der Waals surface area (Å²) >= 11 is 0. The molecular formula is C17H28IN3O2. The highest BCUT2D eigenvalue weighted by Gasteiger charge is 2.18. The van der Waals surface area contributed by atoms with E-state index in [1.165, 1.54) is 12.8 Å². The Kier molecular flexibility index (Phi) is 8.51. The predicted octanol–water partition coefficient (Wildman–Crippen LogP) is 2.87. The van der Waals surface area contributed by atoms with Gasteiger partial charge in [-0.1, -0.05) is 13.0 Å². The predicted molar refractivity (Wildman–Crippen MR) is 105 cm³/mol. The first kappa shape index (κ1) is 19.9. The van der Waals surface area contributed by atoms with E-state index in [1.807, 2.05) is 19.2 Å². The molecule has 23 heavy (non-hydrogen) atoms. The summed E-state index contributed by atoms with van der Waals surface area (Å²) in [5.41, 5.74) is 0.913. The van der Waals surface area contributed by atoms with Crippen LogP contribution >= 0.6 is 24.0 Å². The van der Waals surface area contributed by atoms with Crippen molar-refractivity contribution in [2.45, 2.75) is 26.2 Å². The number of nitrogens with zero attached hydrogens (tertiary/aromatic N) is 2. The number of methoxy groups -OCH3 is 1. The number of hydrogen-bond acceptors (Lipinski definition) is 3. The van der Waals surface area contributed by atoms with Gasteiger partial charge >= 0.3 is 0 Å². The van der Waals surface area contributed by atoms with Crippen molar-refractivity contribution in [3.8, 4) is 11.5 Å². The zero-order chi connectivity index (χ0) is 15.9. The van der Waals surface area contributed by atoms with Crippen LogP contribution in [0.4, 0.5) is 0 Å². The van der Waals surface area contributed by atoms with E-state index in [2.05, 4.69) is 22.1 Å². The molecule has 1 aromatic rings. The smallest absolute Gasteiger partial charge is 0.193 e. The van der Waals surface area contributed by atoms with Gasteiger partial charge < -0.3 is 20.1 Å². The SMILES string of the molecule is CN=C(NCCc1ccc(OC)cc1O)N1CCC(C)CC1.I. The topological polar surface area (TPSA) is 57.1 Å². The Bertz CT molecular complexity index is 515. The minimum Gasteiger partial charge on any atom is -0.508 e. The summed E-state index contributed by atoms with van der Waals surface area (Å²) in [6, 6.07) is 5.42. The van der Waals surface area contributed by atoms with E-state index in [1.54, 1.807) is 13.2 Å². The lowest BCUT2D eigenvalue weighted by Crippen LogP contribution is -2.45. The van der Waals surface area contributed by atoms with Gasteiger partial charge in [-0.2, -0.15) is 0 Å². The van der Waals surface area contributed by atoms with Gasteiger partial charge in [0.25, 0.3) is 0 Å². The summed E-state index contributed by atoms with van der Waals surface area (Å²) in [5, 5.41) is 13.4. The van der Waals surface area contributed by atoms with E-state index in [9.17, 15) is 5.11 Å². The van der Waals surface area contributed by atoms with Crippen molar-refractivity contribution in [1.82, 2.24) is 10.2 Å². The molecule has 0 spiro atoms. The van der Waals surface area contributed by atoms with Gasteiger partial charge in [0.15, 0.2) is 5.96 Å². The van der Waals surface area contributed by atoms with E-state index in [-0.39, 0.29) is 29.7 Å². The second kappa shape index (κ2) is 9.85. The van der Waals surface area contributed by atoms with Crippen LogP contribution in [0.3, 0.4) is 0 Å². The molecule has 2 N–H and O–H groups in total. The van der Waals surface area contributed by atoms with Crippen LogP contribution in [0.2, 0.25) is 0 Å². The Hall–Kier alpha value is -1.18. The third-order valence-electron chi connectivity index (χ3n) is 4.26. The molecule has 0 unspecified atom stereocenters. The third kappa shape index (κ3) is 5.75. The van der Waals surface area contributed by atoms with Crippen LogP contribution in [0.5, 0.6) is 11.5 Å². The first-order valence-electron chi connectivity index (χ1n) is 7.95. The average Bonchev–Trinajstić information content (AvgIpc) is 2.54. The van der Waals surface area contributed by atoms with Crippen LogP contribution in [0.15, 0.2) is 23.2 Å². The summed E-state index contributed by atoms with van der Waals surface area (Å²) in [5.74, 6) is 2.72. The highest BCUT2D eigenvalue weighted by atomic mass is 127. The summed E-state index contributed by atoms with van der Waals surface area (Å²) in [4.78, 5) is 6.68. The number of likely N-dealkylation sites (tertiary alicyclic amines) is 1. The van der Waals surface area contributed by atoms with Crippen molar-refractivity contribution in [3.05, 3.63) is 23.8 Å². The Morgan fingerprint density at radius 2 is 2.09 bits per heavy atom. The van der Waals surface area contributed by atoms with Crippen LogP contribution in [-0.2, 0) is 6.42 Å². The molecule has 1 saturated heterocycles. The molecule has 1 aliphatic rings. The van der Waals surface area contributed by atoms with Crippen molar-refractivity contribution in [3.63, 3.8) is 0 Å². The number of aromatic hydroxyl groups is 1. The number of phenolic OH excluding ortho intramolecular Hbond substituents is 1. The molecule has 0 atom stereocenters. The summed E-state index contributed by atoms with van der Waals surface area (Å²) in [6.07, 6.45) is 3.19. The van der Waals surface area contributed by atoms with Gasteiger partial charge in [-0.3, -0.25) is 4.99 Å². The lowest BCUT2D eigenvalue weighted by atomic mass is 9.99. The van der Waals surface area contributed by atoms with Crippen LogP contribution in [0.25, 0.3) is 0 Å². The van der Waals surface area contributed by atoms with Crippen LogP contribution < -0.4 is 10.1 Å². The molecule has 0 saturated carbocycles. The average molecular weight is 433 g/mol. The van der Waals surface area contributed by atoms with E-state index in [0.717, 1.165) is 43.5 Å². The van der Waals surface area contributed by atoms with Gasteiger partial charge in [0.2, 0.25) is 0 Å². The molecule has 0 bridgehead atoms. The first-order valence-corrected chi connectivity index (χ1v) is 7.95. The Labute approximate surface area is 156 Å².